The van der Waals surface area contributed by atoms with Gasteiger partial charge in [-0.05, 0) is 34.5 Å². The highest BCUT2D eigenvalue weighted by molar-refractivity contribution is 9.10. The van der Waals surface area contributed by atoms with E-state index in [9.17, 15) is 4.79 Å². The molecule has 4 nitrogen and oxygen atoms in total. The topological polar surface area (TPSA) is 38.8 Å². The molecule has 1 N–H and O–H groups in total. The van der Waals surface area contributed by atoms with Gasteiger partial charge in [0.1, 0.15) is 17.9 Å². The maximum Gasteiger partial charge on any atom is 0.258 e. The van der Waals surface area contributed by atoms with Crippen molar-refractivity contribution in [1.82, 2.24) is 9.38 Å². The first kappa shape index (κ1) is 14.7. The number of nitrogens with one attached hydrogen (secondary N) is 1. The molecular weight excluding hydrogens is 330 g/mol. The van der Waals surface area contributed by atoms with Crippen molar-refractivity contribution >= 4 is 21.6 Å². The summed E-state index contributed by atoms with van der Waals surface area (Å²) in [7, 11) is 0. The van der Waals surface area contributed by atoms with Gasteiger partial charge in [-0.2, -0.15) is 0 Å². The molecule has 1 aliphatic heterocycles. The van der Waals surface area contributed by atoms with E-state index in [0.29, 0.717) is 0 Å². The molecule has 1 aliphatic rings. The van der Waals surface area contributed by atoms with Crippen LogP contribution < -0.4 is 10.5 Å². The molecule has 3 rings (SSSR count). The van der Waals surface area contributed by atoms with Crippen LogP contribution in [0.4, 0.5) is 0 Å². The van der Waals surface area contributed by atoms with E-state index >= 15 is 0 Å². The molecule has 5 heteroatoms. The SMILES string of the molecule is C[C@@H]1C[C@H](C)C[NH+](Cc2cc(=O)n3cc(Br)ccc3n2)C1. The van der Waals surface area contributed by atoms with Gasteiger partial charge < -0.3 is 4.90 Å². The second-order valence-electron chi connectivity index (χ2n) is 6.44. The third-order valence-electron chi connectivity index (χ3n) is 4.19. The minimum absolute atomic E-state index is 0.00573. The molecule has 1 fully saturated rings. The number of pyridine rings is 1. The largest absolute Gasteiger partial charge is 0.329 e. The molecule has 0 amide bonds. The van der Waals surface area contributed by atoms with Gasteiger partial charge in [0, 0.05) is 28.6 Å². The van der Waals surface area contributed by atoms with E-state index in [0.717, 1.165) is 34.2 Å². The minimum atomic E-state index is -0.00573. The fraction of sp³-hybridized carbons (Fsp3) is 0.500. The van der Waals surface area contributed by atoms with Crippen LogP contribution in [-0.2, 0) is 6.54 Å². The van der Waals surface area contributed by atoms with Crippen molar-refractivity contribution in [2.45, 2.75) is 26.8 Å². The fourth-order valence-electron chi connectivity index (χ4n) is 3.54. The third-order valence-corrected chi connectivity index (χ3v) is 4.66. The van der Waals surface area contributed by atoms with Gasteiger partial charge in [-0.3, -0.25) is 9.20 Å². The summed E-state index contributed by atoms with van der Waals surface area (Å²) in [5.74, 6) is 1.50. The summed E-state index contributed by atoms with van der Waals surface area (Å²) in [6.45, 7) is 7.82. The normalized spacial score (nSPS) is 26.1. The molecule has 2 aromatic heterocycles. The molecule has 3 heterocycles. The van der Waals surface area contributed by atoms with Crippen molar-refractivity contribution in [3.8, 4) is 0 Å². The van der Waals surface area contributed by atoms with Gasteiger partial charge in [0.05, 0.1) is 13.1 Å². The molecular formula is C16H21BrN3O+. The zero-order valence-electron chi connectivity index (χ0n) is 12.5. The van der Waals surface area contributed by atoms with Crippen LogP contribution in [-0.4, -0.2) is 22.5 Å². The Labute approximate surface area is 132 Å². The number of quaternary nitrogens is 1. The highest BCUT2D eigenvalue weighted by Gasteiger charge is 2.25. The standard InChI is InChI=1S/C16H20BrN3O/c1-11-5-12(2)8-19(7-11)10-14-6-16(21)20-9-13(17)3-4-15(20)18-14/h3-4,6,9,11-12H,5,7-8,10H2,1-2H3/p+1/t11-,12+. The van der Waals surface area contributed by atoms with Crippen LogP contribution in [0.1, 0.15) is 26.0 Å². The van der Waals surface area contributed by atoms with Crippen molar-refractivity contribution in [2.24, 2.45) is 11.8 Å². The lowest BCUT2D eigenvalue weighted by Gasteiger charge is -2.31. The minimum Gasteiger partial charge on any atom is -0.329 e. The summed E-state index contributed by atoms with van der Waals surface area (Å²) in [6, 6.07) is 5.48. The third kappa shape index (κ3) is 3.35. The molecule has 0 saturated carbocycles. The average Bonchev–Trinajstić information content (AvgIpc) is 2.38. The maximum absolute atomic E-state index is 12.2. The Kier molecular flexibility index (Phi) is 4.13. The van der Waals surface area contributed by atoms with E-state index in [-0.39, 0.29) is 5.56 Å². The number of piperidine rings is 1. The van der Waals surface area contributed by atoms with Gasteiger partial charge in [-0.15, -0.1) is 0 Å². The van der Waals surface area contributed by atoms with Crippen LogP contribution in [0.5, 0.6) is 0 Å². The number of fused-ring (bicyclic) bond motifs is 1. The first-order valence-electron chi connectivity index (χ1n) is 7.52. The molecule has 1 saturated heterocycles. The lowest BCUT2D eigenvalue weighted by atomic mass is 9.92. The van der Waals surface area contributed by atoms with E-state index in [1.807, 2.05) is 12.1 Å². The second kappa shape index (κ2) is 5.89. The van der Waals surface area contributed by atoms with E-state index < -0.39 is 0 Å². The van der Waals surface area contributed by atoms with Crippen molar-refractivity contribution in [1.29, 1.82) is 0 Å². The summed E-state index contributed by atoms with van der Waals surface area (Å²) in [4.78, 5) is 18.4. The Hall–Kier alpha value is -1.20. The Morgan fingerprint density at radius 3 is 2.76 bits per heavy atom. The molecule has 21 heavy (non-hydrogen) atoms. The van der Waals surface area contributed by atoms with Crippen LogP contribution in [0.2, 0.25) is 0 Å². The lowest BCUT2D eigenvalue weighted by molar-refractivity contribution is -0.926. The van der Waals surface area contributed by atoms with E-state index in [4.69, 9.17) is 0 Å². The molecule has 2 aromatic rings. The number of hydrogen-bond acceptors (Lipinski definition) is 2. The van der Waals surface area contributed by atoms with Crippen LogP contribution >= 0.6 is 15.9 Å². The summed E-state index contributed by atoms with van der Waals surface area (Å²) in [5, 5.41) is 0. The number of aromatic nitrogens is 2. The van der Waals surface area contributed by atoms with Crippen molar-refractivity contribution in [3.05, 3.63) is 44.9 Å². The molecule has 0 aromatic carbocycles. The number of nitrogens with zero attached hydrogens (tertiary/aromatic N) is 2. The van der Waals surface area contributed by atoms with Crippen LogP contribution in [0.25, 0.3) is 5.65 Å². The number of hydrogen-bond donors (Lipinski definition) is 1. The van der Waals surface area contributed by atoms with Gasteiger partial charge in [-0.25, -0.2) is 4.98 Å². The fourth-order valence-corrected chi connectivity index (χ4v) is 3.88. The average molecular weight is 351 g/mol. The molecule has 0 radical (unpaired) electrons. The Morgan fingerprint density at radius 1 is 1.33 bits per heavy atom. The number of rotatable bonds is 2. The highest BCUT2D eigenvalue weighted by atomic mass is 79.9. The number of halogens is 1. The highest BCUT2D eigenvalue weighted by Crippen LogP contribution is 2.13. The van der Waals surface area contributed by atoms with Gasteiger partial charge in [0.25, 0.3) is 5.56 Å². The summed E-state index contributed by atoms with van der Waals surface area (Å²) >= 11 is 3.39. The maximum atomic E-state index is 12.2. The number of likely N-dealkylation sites (tertiary alicyclic amines) is 1. The van der Waals surface area contributed by atoms with Gasteiger partial charge in [-0.1, -0.05) is 13.8 Å². The van der Waals surface area contributed by atoms with Gasteiger partial charge in [0.2, 0.25) is 0 Å². The van der Waals surface area contributed by atoms with Crippen LogP contribution in [0.15, 0.2) is 33.7 Å². The summed E-state index contributed by atoms with van der Waals surface area (Å²) in [6.07, 6.45) is 3.08. The van der Waals surface area contributed by atoms with Crippen molar-refractivity contribution in [3.63, 3.8) is 0 Å². The second-order valence-corrected chi connectivity index (χ2v) is 7.36. The molecule has 0 bridgehead atoms. The lowest BCUT2D eigenvalue weighted by Crippen LogP contribution is -3.13. The predicted molar refractivity (Wildman–Crippen MR) is 86.5 cm³/mol. The molecule has 0 aliphatic carbocycles. The van der Waals surface area contributed by atoms with E-state index in [1.165, 1.54) is 24.4 Å². The quantitative estimate of drug-likeness (QED) is 0.891. The van der Waals surface area contributed by atoms with E-state index in [1.54, 1.807) is 16.7 Å². The molecule has 112 valence electrons. The summed E-state index contributed by atoms with van der Waals surface area (Å²) < 4.78 is 2.47. The first-order valence-corrected chi connectivity index (χ1v) is 8.32. The Bertz CT molecular complexity index is 702. The van der Waals surface area contributed by atoms with Crippen molar-refractivity contribution in [2.75, 3.05) is 13.1 Å². The zero-order chi connectivity index (χ0) is 15.0. The summed E-state index contributed by atoms with van der Waals surface area (Å²) in [5.41, 5.74) is 1.62. The van der Waals surface area contributed by atoms with Crippen LogP contribution in [0, 0.1) is 11.8 Å². The smallest absolute Gasteiger partial charge is 0.258 e. The molecule has 0 spiro atoms. The first-order chi connectivity index (χ1) is 10.0. The molecule has 3 atom stereocenters. The zero-order valence-corrected chi connectivity index (χ0v) is 14.1. The van der Waals surface area contributed by atoms with Crippen molar-refractivity contribution < 1.29 is 4.90 Å². The Morgan fingerprint density at radius 2 is 2.05 bits per heavy atom. The van der Waals surface area contributed by atoms with Gasteiger partial charge in [0.15, 0.2) is 0 Å². The van der Waals surface area contributed by atoms with Gasteiger partial charge >= 0.3 is 0 Å². The predicted octanol–water partition coefficient (Wildman–Crippen LogP) is 1.52. The molecule has 1 unspecified atom stereocenters. The Balaban J connectivity index is 1.87. The van der Waals surface area contributed by atoms with E-state index in [2.05, 4.69) is 34.8 Å². The van der Waals surface area contributed by atoms with Crippen LogP contribution in [0.3, 0.4) is 0 Å². The monoisotopic (exact) mass is 350 g/mol.